The third-order valence-electron chi connectivity index (χ3n) is 8.87. The first-order chi connectivity index (χ1) is 21.8. The van der Waals surface area contributed by atoms with Crippen LogP contribution < -0.4 is 15.5 Å². The van der Waals surface area contributed by atoms with Gasteiger partial charge in [0, 0.05) is 74.2 Å². The van der Waals surface area contributed by atoms with E-state index < -0.39 is 26.8 Å². The molecule has 2 aliphatic rings. The maximum Gasteiger partial charge on any atom is 0.416 e. The number of halogens is 3. The van der Waals surface area contributed by atoms with Gasteiger partial charge in [0.15, 0.2) is 0 Å². The van der Waals surface area contributed by atoms with E-state index in [1.54, 1.807) is 29.2 Å². The maximum absolute atomic E-state index is 13.8. The minimum atomic E-state index is -4.56. The first-order valence-corrected chi connectivity index (χ1v) is 16.9. The van der Waals surface area contributed by atoms with Crippen molar-refractivity contribution in [3.63, 3.8) is 0 Å². The number of carbonyl (C=O) groups excluding carboxylic acids is 1. The number of H-pyrrole nitrogens is 1. The first kappa shape index (κ1) is 31.6. The SMILES string of the molecule is CC1CN(c2ccc(C(F)(F)F)cc2-c2cnc(N3CCC(S(C)(=O)=O)CC3)nc2)CCN1C(=O)Cn1c(=O)[nH]c2ccccc21. The Morgan fingerprint density at radius 3 is 2.35 bits per heavy atom. The molecule has 2 fully saturated rings. The van der Waals surface area contributed by atoms with Crippen molar-refractivity contribution in [1.82, 2.24) is 24.4 Å². The summed E-state index contributed by atoms with van der Waals surface area (Å²) in [6.45, 7) is 3.71. The zero-order valence-corrected chi connectivity index (χ0v) is 26.2. The van der Waals surface area contributed by atoms with Crippen LogP contribution in [0.1, 0.15) is 25.3 Å². The molecule has 2 aromatic heterocycles. The lowest BCUT2D eigenvalue weighted by Gasteiger charge is -2.41. The van der Waals surface area contributed by atoms with Crippen molar-refractivity contribution in [2.24, 2.45) is 0 Å². The summed E-state index contributed by atoms with van der Waals surface area (Å²) in [6.07, 6.45) is 0.562. The number of nitrogens with zero attached hydrogens (tertiary/aromatic N) is 6. The molecule has 0 bridgehead atoms. The lowest BCUT2D eigenvalue weighted by molar-refractivity contribution is -0.137. The van der Waals surface area contributed by atoms with Gasteiger partial charge in [0.2, 0.25) is 11.9 Å². The maximum atomic E-state index is 13.8. The van der Waals surface area contributed by atoms with Crippen LogP contribution in [0.4, 0.5) is 24.8 Å². The van der Waals surface area contributed by atoms with Crippen molar-refractivity contribution in [2.75, 3.05) is 48.8 Å². The summed E-state index contributed by atoms with van der Waals surface area (Å²) in [7, 11) is -3.14. The molecular formula is C31H34F3N7O4S. The van der Waals surface area contributed by atoms with Gasteiger partial charge in [-0.25, -0.2) is 23.2 Å². The second-order valence-electron chi connectivity index (χ2n) is 11.9. The molecule has 2 aliphatic heterocycles. The van der Waals surface area contributed by atoms with E-state index in [0.717, 1.165) is 12.1 Å². The minimum absolute atomic E-state index is 0.131. The number of alkyl halides is 3. The Balaban J connectivity index is 1.21. The topological polar surface area (TPSA) is 124 Å². The van der Waals surface area contributed by atoms with Crippen LogP contribution in [0, 0.1) is 0 Å². The van der Waals surface area contributed by atoms with Gasteiger partial charge in [-0.2, -0.15) is 13.2 Å². The molecule has 2 saturated heterocycles. The molecule has 4 heterocycles. The Morgan fingerprint density at radius 2 is 1.70 bits per heavy atom. The molecule has 1 unspecified atom stereocenters. The van der Waals surface area contributed by atoms with E-state index >= 15 is 0 Å². The number of carbonyl (C=O) groups is 1. The third-order valence-corrected chi connectivity index (χ3v) is 10.5. The van der Waals surface area contributed by atoms with Gasteiger partial charge in [-0.1, -0.05) is 12.1 Å². The van der Waals surface area contributed by atoms with Crippen molar-refractivity contribution < 1.29 is 26.4 Å². The molecular weight excluding hydrogens is 623 g/mol. The van der Waals surface area contributed by atoms with Crippen molar-refractivity contribution >= 4 is 38.4 Å². The number of hydrogen-bond acceptors (Lipinski definition) is 8. The second kappa shape index (κ2) is 12.1. The van der Waals surface area contributed by atoms with Crippen molar-refractivity contribution in [1.29, 1.82) is 0 Å². The highest BCUT2D eigenvalue weighted by Crippen LogP contribution is 2.38. The quantitative estimate of drug-likeness (QED) is 0.334. The molecule has 244 valence electrons. The molecule has 15 heteroatoms. The van der Waals surface area contributed by atoms with E-state index in [1.807, 2.05) is 16.7 Å². The van der Waals surface area contributed by atoms with E-state index in [9.17, 15) is 31.2 Å². The van der Waals surface area contributed by atoms with E-state index in [1.165, 1.54) is 29.3 Å². The number of piperazine rings is 1. The zero-order valence-electron chi connectivity index (χ0n) is 25.4. The van der Waals surface area contributed by atoms with Crippen LogP contribution in [0.2, 0.25) is 0 Å². The fraction of sp³-hybridized carbons (Fsp3) is 0.419. The number of amides is 1. The Hall–Kier alpha value is -4.40. The summed E-state index contributed by atoms with van der Waals surface area (Å²) in [5.41, 5.74) is 1.38. The van der Waals surface area contributed by atoms with Gasteiger partial charge in [-0.05, 0) is 50.1 Å². The van der Waals surface area contributed by atoms with E-state index in [4.69, 9.17) is 0 Å². The monoisotopic (exact) mass is 657 g/mol. The van der Waals surface area contributed by atoms with Gasteiger partial charge < -0.3 is 19.7 Å². The molecule has 0 saturated carbocycles. The molecule has 4 aromatic rings. The predicted octanol–water partition coefficient (Wildman–Crippen LogP) is 3.56. The molecule has 2 aromatic carbocycles. The Bertz CT molecular complexity index is 1920. The number of benzene rings is 2. The molecule has 0 spiro atoms. The Morgan fingerprint density at radius 1 is 1.00 bits per heavy atom. The van der Waals surface area contributed by atoms with Crippen molar-refractivity contribution in [3.05, 3.63) is 70.9 Å². The normalized spacial score (nSPS) is 18.4. The van der Waals surface area contributed by atoms with Crippen LogP contribution in [-0.2, 0) is 27.4 Å². The summed E-state index contributed by atoms with van der Waals surface area (Å²) in [5.74, 6) is 0.162. The average Bonchev–Trinajstić information content (AvgIpc) is 3.34. The van der Waals surface area contributed by atoms with Crippen molar-refractivity contribution in [3.8, 4) is 11.1 Å². The summed E-state index contributed by atoms with van der Waals surface area (Å²) >= 11 is 0. The summed E-state index contributed by atoms with van der Waals surface area (Å²) in [5, 5.41) is -0.412. The molecule has 11 nitrogen and oxygen atoms in total. The zero-order chi connectivity index (χ0) is 32.8. The lowest BCUT2D eigenvalue weighted by atomic mass is 10.0. The molecule has 0 radical (unpaired) electrons. The van der Waals surface area contributed by atoms with Crippen LogP contribution in [0.15, 0.2) is 59.7 Å². The summed E-state index contributed by atoms with van der Waals surface area (Å²) in [4.78, 5) is 43.0. The number of hydrogen-bond donors (Lipinski definition) is 1. The molecule has 1 atom stereocenters. The third kappa shape index (κ3) is 6.32. The molecule has 0 aliphatic carbocycles. The number of aromatic nitrogens is 4. The second-order valence-corrected chi connectivity index (χ2v) is 14.3. The number of aromatic amines is 1. The van der Waals surface area contributed by atoms with Crippen LogP contribution in [-0.4, -0.2) is 89.0 Å². The van der Waals surface area contributed by atoms with Gasteiger partial charge in [0.25, 0.3) is 0 Å². The smallest absolute Gasteiger partial charge is 0.367 e. The number of piperidine rings is 1. The number of imidazole rings is 1. The highest BCUT2D eigenvalue weighted by molar-refractivity contribution is 7.91. The fourth-order valence-electron chi connectivity index (χ4n) is 6.36. The van der Waals surface area contributed by atoms with Gasteiger partial charge in [-0.15, -0.1) is 0 Å². The number of fused-ring (bicyclic) bond motifs is 1. The number of nitrogens with one attached hydrogen (secondary N) is 1. The van der Waals surface area contributed by atoms with Gasteiger partial charge >= 0.3 is 11.9 Å². The van der Waals surface area contributed by atoms with Crippen LogP contribution in [0.5, 0.6) is 0 Å². The highest BCUT2D eigenvalue weighted by atomic mass is 32.2. The first-order valence-electron chi connectivity index (χ1n) is 15.0. The van der Waals surface area contributed by atoms with E-state index in [2.05, 4.69) is 15.0 Å². The molecule has 1 amide bonds. The Labute approximate surface area is 263 Å². The Kier molecular flexibility index (Phi) is 8.29. The standard InChI is InChI=1S/C31H34F3N7O4S/c1-20-18-39(13-14-40(20)28(42)19-41-27-6-4-3-5-25(27)37-30(41)43)26-8-7-22(31(32,33)34)15-24(26)21-16-35-29(36-17-21)38-11-9-23(10-12-38)46(2,44)45/h3-8,15-17,20,23H,9-14,18-19H2,1-2H3,(H,37,43). The lowest BCUT2D eigenvalue weighted by Crippen LogP contribution is -2.55. The van der Waals surface area contributed by atoms with Gasteiger partial charge in [0.1, 0.15) is 16.4 Å². The van der Waals surface area contributed by atoms with Gasteiger partial charge in [-0.3, -0.25) is 9.36 Å². The molecule has 1 N–H and O–H groups in total. The van der Waals surface area contributed by atoms with Crippen LogP contribution >= 0.6 is 0 Å². The summed E-state index contributed by atoms with van der Waals surface area (Å²) < 4.78 is 66.6. The average molecular weight is 658 g/mol. The fourth-order valence-corrected chi connectivity index (χ4v) is 7.43. The summed E-state index contributed by atoms with van der Waals surface area (Å²) in [6, 6.07) is 10.4. The number of para-hydroxylation sites is 2. The number of rotatable bonds is 6. The molecule has 46 heavy (non-hydrogen) atoms. The minimum Gasteiger partial charge on any atom is -0.367 e. The van der Waals surface area contributed by atoms with Gasteiger partial charge in [0.05, 0.1) is 21.8 Å². The number of sulfone groups is 1. The predicted molar refractivity (Wildman–Crippen MR) is 168 cm³/mol. The highest BCUT2D eigenvalue weighted by Gasteiger charge is 2.34. The van der Waals surface area contributed by atoms with E-state index in [-0.39, 0.29) is 24.2 Å². The van der Waals surface area contributed by atoms with Crippen molar-refractivity contribution in [2.45, 2.75) is 43.8 Å². The largest absolute Gasteiger partial charge is 0.416 e. The molecule has 6 rings (SSSR count). The van der Waals surface area contributed by atoms with E-state index in [0.29, 0.717) is 79.4 Å². The van der Waals surface area contributed by atoms with Crippen LogP contribution in [0.3, 0.4) is 0 Å². The number of anilines is 2. The van der Waals surface area contributed by atoms with Crippen LogP contribution in [0.25, 0.3) is 22.2 Å².